The van der Waals surface area contributed by atoms with Crippen molar-refractivity contribution in [3.63, 3.8) is 0 Å². The lowest BCUT2D eigenvalue weighted by atomic mass is 9.90. The number of anilines is 1. The van der Waals surface area contributed by atoms with Crippen LogP contribution in [0, 0.1) is 0 Å². The molecule has 0 saturated heterocycles. The van der Waals surface area contributed by atoms with Crippen LogP contribution in [0.15, 0.2) is 53.9 Å². The van der Waals surface area contributed by atoms with Crippen molar-refractivity contribution in [3.8, 4) is 17.0 Å². The fraction of sp³-hybridized carbons (Fsp3) is 0.308. The van der Waals surface area contributed by atoms with Gasteiger partial charge in [-0.25, -0.2) is 4.98 Å². The van der Waals surface area contributed by atoms with Crippen LogP contribution in [0.2, 0.25) is 0 Å². The van der Waals surface area contributed by atoms with Gasteiger partial charge in [0, 0.05) is 22.6 Å². The molecule has 5 heteroatoms. The second-order valence-electron chi connectivity index (χ2n) is 7.79. The SMILES string of the molecule is CCCCOc1ccccc1/C=C/C(=O)Nc1nc(-c2ccc3c(c2)CCCC3)cs1. The van der Waals surface area contributed by atoms with Crippen LogP contribution in [0.4, 0.5) is 5.13 Å². The van der Waals surface area contributed by atoms with Gasteiger partial charge in [-0.15, -0.1) is 11.3 Å². The summed E-state index contributed by atoms with van der Waals surface area (Å²) in [5, 5.41) is 5.48. The van der Waals surface area contributed by atoms with E-state index in [1.165, 1.54) is 47.8 Å². The molecule has 31 heavy (non-hydrogen) atoms. The number of thiazole rings is 1. The van der Waals surface area contributed by atoms with Crippen molar-refractivity contribution in [2.75, 3.05) is 11.9 Å². The van der Waals surface area contributed by atoms with E-state index >= 15 is 0 Å². The smallest absolute Gasteiger partial charge is 0.250 e. The summed E-state index contributed by atoms with van der Waals surface area (Å²) >= 11 is 1.45. The van der Waals surface area contributed by atoms with Gasteiger partial charge < -0.3 is 4.74 Å². The van der Waals surface area contributed by atoms with E-state index in [2.05, 4.69) is 35.4 Å². The zero-order chi connectivity index (χ0) is 21.5. The molecule has 1 N–H and O–H groups in total. The molecule has 0 unspecified atom stereocenters. The summed E-state index contributed by atoms with van der Waals surface area (Å²) in [6.45, 7) is 2.81. The Morgan fingerprint density at radius 2 is 2.00 bits per heavy atom. The molecule has 0 bridgehead atoms. The molecule has 3 aromatic rings. The van der Waals surface area contributed by atoms with Crippen LogP contribution in [-0.4, -0.2) is 17.5 Å². The summed E-state index contributed by atoms with van der Waals surface area (Å²) in [5.41, 5.74) is 5.81. The Kier molecular flexibility index (Phi) is 7.15. The van der Waals surface area contributed by atoms with E-state index in [0.717, 1.165) is 41.8 Å². The number of carbonyl (C=O) groups excluding carboxylic acids is 1. The lowest BCUT2D eigenvalue weighted by molar-refractivity contribution is -0.111. The summed E-state index contributed by atoms with van der Waals surface area (Å²) < 4.78 is 5.83. The van der Waals surface area contributed by atoms with E-state index in [4.69, 9.17) is 4.74 Å². The number of rotatable bonds is 8. The van der Waals surface area contributed by atoms with E-state index in [1.807, 2.05) is 29.6 Å². The Bertz CT molecular complexity index is 1070. The molecule has 0 atom stereocenters. The molecule has 1 aliphatic rings. The summed E-state index contributed by atoms with van der Waals surface area (Å²) in [6, 6.07) is 14.4. The van der Waals surface area contributed by atoms with Gasteiger partial charge in [0.1, 0.15) is 5.75 Å². The molecule has 0 fully saturated rings. The minimum absolute atomic E-state index is 0.199. The summed E-state index contributed by atoms with van der Waals surface area (Å²) in [7, 11) is 0. The van der Waals surface area contributed by atoms with Crippen molar-refractivity contribution in [1.29, 1.82) is 0 Å². The summed E-state index contributed by atoms with van der Waals surface area (Å²) in [5.74, 6) is 0.596. The Morgan fingerprint density at radius 1 is 1.16 bits per heavy atom. The minimum Gasteiger partial charge on any atom is -0.493 e. The molecule has 160 valence electrons. The van der Waals surface area contributed by atoms with Crippen molar-refractivity contribution in [1.82, 2.24) is 4.98 Å². The topological polar surface area (TPSA) is 51.2 Å². The van der Waals surface area contributed by atoms with Crippen LogP contribution < -0.4 is 10.1 Å². The van der Waals surface area contributed by atoms with Crippen LogP contribution in [0.1, 0.15) is 49.3 Å². The lowest BCUT2D eigenvalue weighted by Crippen LogP contribution is -2.07. The predicted molar refractivity (Wildman–Crippen MR) is 129 cm³/mol. The van der Waals surface area contributed by atoms with E-state index in [0.29, 0.717) is 11.7 Å². The first-order valence-corrected chi connectivity index (χ1v) is 11.9. The molecule has 4 rings (SSSR count). The van der Waals surface area contributed by atoms with E-state index in [9.17, 15) is 4.79 Å². The fourth-order valence-electron chi connectivity index (χ4n) is 3.75. The largest absolute Gasteiger partial charge is 0.493 e. The van der Waals surface area contributed by atoms with Gasteiger partial charge in [0.05, 0.1) is 12.3 Å². The van der Waals surface area contributed by atoms with E-state index in [1.54, 1.807) is 6.08 Å². The number of nitrogens with zero attached hydrogens (tertiary/aromatic N) is 1. The number of nitrogens with one attached hydrogen (secondary N) is 1. The molecule has 1 heterocycles. The number of benzene rings is 2. The average Bonchev–Trinajstić information content (AvgIpc) is 3.26. The maximum Gasteiger partial charge on any atom is 0.250 e. The molecule has 2 aromatic carbocycles. The highest BCUT2D eigenvalue weighted by Gasteiger charge is 2.12. The van der Waals surface area contributed by atoms with Crippen molar-refractivity contribution in [2.45, 2.75) is 45.4 Å². The molecule has 4 nitrogen and oxygen atoms in total. The van der Waals surface area contributed by atoms with E-state index < -0.39 is 0 Å². The first-order chi connectivity index (χ1) is 15.2. The number of hydrogen-bond acceptors (Lipinski definition) is 4. The molecule has 0 radical (unpaired) electrons. The number of ether oxygens (including phenoxy) is 1. The molecule has 0 aliphatic heterocycles. The van der Waals surface area contributed by atoms with Crippen molar-refractivity contribution in [3.05, 3.63) is 70.6 Å². The first kappa shape index (κ1) is 21.3. The third kappa shape index (κ3) is 5.61. The summed E-state index contributed by atoms with van der Waals surface area (Å²) in [6.07, 6.45) is 10.3. The number of para-hydroxylation sites is 1. The fourth-order valence-corrected chi connectivity index (χ4v) is 4.47. The number of aryl methyl sites for hydroxylation is 2. The van der Waals surface area contributed by atoms with Gasteiger partial charge in [0.15, 0.2) is 5.13 Å². The molecule has 1 aliphatic carbocycles. The van der Waals surface area contributed by atoms with Gasteiger partial charge >= 0.3 is 0 Å². The van der Waals surface area contributed by atoms with Gasteiger partial charge in [-0.3, -0.25) is 10.1 Å². The number of hydrogen-bond donors (Lipinski definition) is 1. The number of fused-ring (bicyclic) bond motifs is 1. The molecular weight excluding hydrogens is 404 g/mol. The predicted octanol–water partition coefficient (Wildman–Crippen LogP) is 6.52. The molecule has 1 aromatic heterocycles. The van der Waals surface area contributed by atoms with Crippen molar-refractivity contribution in [2.24, 2.45) is 0 Å². The Morgan fingerprint density at radius 3 is 2.87 bits per heavy atom. The van der Waals surface area contributed by atoms with Gasteiger partial charge in [-0.2, -0.15) is 0 Å². The highest BCUT2D eigenvalue weighted by Crippen LogP contribution is 2.29. The zero-order valence-corrected chi connectivity index (χ0v) is 18.7. The summed E-state index contributed by atoms with van der Waals surface area (Å²) in [4.78, 5) is 17.0. The second-order valence-corrected chi connectivity index (χ2v) is 8.65. The average molecular weight is 433 g/mol. The Labute approximate surface area is 188 Å². The van der Waals surface area contributed by atoms with Crippen LogP contribution >= 0.6 is 11.3 Å². The van der Waals surface area contributed by atoms with Crippen LogP contribution in [0.25, 0.3) is 17.3 Å². The number of unbranched alkanes of at least 4 members (excludes halogenated alkanes) is 1. The lowest BCUT2D eigenvalue weighted by Gasteiger charge is -2.16. The number of aromatic nitrogens is 1. The van der Waals surface area contributed by atoms with Gasteiger partial charge in [-0.1, -0.05) is 43.7 Å². The normalized spacial score (nSPS) is 13.2. The minimum atomic E-state index is -0.199. The van der Waals surface area contributed by atoms with Crippen molar-refractivity contribution < 1.29 is 9.53 Å². The van der Waals surface area contributed by atoms with Gasteiger partial charge in [0.2, 0.25) is 5.91 Å². The third-order valence-electron chi connectivity index (χ3n) is 5.47. The molecule has 0 spiro atoms. The highest BCUT2D eigenvalue weighted by molar-refractivity contribution is 7.14. The van der Waals surface area contributed by atoms with Gasteiger partial charge in [0.25, 0.3) is 0 Å². The maximum atomic E-state index is 12.4. The van der Waals surface area contributed by atoms with Crippen LogP contribution in [-0.2, 0) is 17.6 Å². The monoisotopic (exact) mass is 432 g/mol. The standard InChI is InChI=1S/C26H28N2O2S/c1-2-3-16-30-24-11-7-6-9-20(24)14-15-25(29)28-26-27-23(18-31-26)22-13-12-19-8-4-5-10-21(19)17-22/h6-7,9,11-15,17-18H,2-5,8,10,16H2,1H3,(H,27,28,29)/b15-14+. The van der Waals surface area contributed by atoms with Gasteiger partial charge in [-0.05, 0) is 61.4 Å². The third-order valence-corrected chi connectivity index (χ3v) is 6.23. The number of carbonyl (C=O) groups is 1. The van der Waals surface area contributed by atoms with Crippen LogP contribution in [0.5, 0.6) is 5.75 Å². The van der Waals surface area contributed by atoms with E-state index in [-0.39, 0.29) is 5.91 Å². The quantitative estimate of drug-likeness (QED) is 0.326. The molecular formula is C26H28N2O2S. The Hall–Kier alpha value is -2.92. The molecule has 1 amide bonds. The van der Waals surface area contributed by atoms with Crippen molar-refractivity contribution >= 4 is 28.5 Å². The molecule has 0 saturated carbocycles. The second kappa shape index (κ2) is 10.4. The maximum absolute atomic E-state index is 12.4. The Balaban J connectivity index is 1.40. The zero-order valence-electron chi connectivity index (χ0n) is 17.9. The first-order valence-electron chi connectivity index (χ1n) is 11.0. The number of amides is 1. The van der Waals surface area contributed by atoms with Crippen LogP contribution in [0.3, 0.4) is 0 Å². The highest BCUT2D eigenvalue weighted by atomic mass is 32.1.